The molecule has 1 aromatic carbocycles. The topological polar surface area (TPSA) is 108 Å². The Balaban J connectivity index is 1.36. The number of carbonyl (C=O) groups excluding carboxylic acids is 1. The Bertz CT molecular complexity index is 1410. The van der Waals surface area contributed by atoms with E-state index in [1.807, 2.05) is 0 Å². The van der Waals surface area contributed by atoms with Crippen molar-refractivity contribution in [2.24, 2.45) is 0 Å². The number of amides is 1. The van der Waals surface area contributed by atoms with Crippen LogP contribution in [0, 0.1) is 11.6 Å². The Hall–Kier alpha value is -4.35. The summed E-state index contributed by atoms with van der Waals surface area (Å²) in [5.74, 6) is -1.27. The van der Waals surface area contributed by atoms with Crippen molar-refractivity contribution in [3.05, 3.63) is 66.1 Å². The van der Waals surface area contributed by atoms with Crippen molar-refractivity contribution in [1.82, 2.24) is 29.8 Å². The zero-order valence-corrected chi connectivity index (χ0v) is 20.4. The second kappa shape index (κ2) is 9.60. The van der Waals surface area contributed by atoms with E-state index in [0.29, 0.717) is 22.6 Å². The first-order valence-electron chi connectivity index (χ1n) is 11.6. The molecule has 12 heteroatoms. The molecule has 1 fully saturated rings. The van der Waals surface area contributed by atoms with E-state index in [-0.39, 0.29) is 37.2 Å². The van der Waals surface area contributed by atoms with E-state index in [0.717, 1.165) is 6.20 Å². The molecule has 4 heterocycles. The van der Waals surface area contributed by atoms with E-state index < -0.39 is 23.6 Å². The summed E-state index contributed by atoms with van der Waals surface area (Å²) >= 11 is 0. The standard InChI is InChI=1S/C25H24F2N6O4/c1-25(2,3)37-24(34)32-13-16(14-32)36-23-18(27)11-28-22(29-23)20-10-21(19-8-9-35-31-19)33(30-20)12-15-6-4-5-7-17(15)26/h4-11,16H,12-14H2,1-3H3. The molecule has 1 amide bonds. The number of likely N-dealkylation sites (tertiary alicyclic amines) is 1. The smallest absolute Gasteiger partial charge is 0.410 e. The molecule has 10 nitrogen and oxygen atoms in total. The van der Waals surface area contributed by atoms with Crippen molar-refractivity contribution in [1.29, 1.82) is 0 Å². The molecule has 3 aromatic heterocycles. The fourth-order valence-corrected chi connectivity index (χ4v) is 3.69. The Labute approximate surface area is 210 Å². The second-order valence-corrected chi connectivity index (χ2v) is 9.52. The van der Waals surface area contributed by atoms with Gasteiger partial charge in [0.2, 0.25) is 5.82 Å². The summed E-state index contributed by atoms with van der Waals surface area (Å²) in [6.07, 6.45) is 1.49. The molecule has 0 aliphatic carbocycles. The Morgan fingerprint density at radius 1 is 1.14 bits per heavy atom. The summed E-state index contributed by atoms with van der Waals surface area (Å²) < 4.78 is 46.3. The molecular formula is C25H24F2N6O4. The summed E-state index contributed by atoms with van der Waals surface area (Å²) in [6, 6.07) is 9.66. The van der Waals surface area contributed by atoms with Crippen molar-refractivity contribution in [2.75, 3.05) is 13.1 Å². The largest absolute Gasteiger partial charge is 0.468 e. The van der Waals surface area contributed by atoms with Gasteiger partial charge in [-0.1, -0.05) is 23.4 Å². The van der Waals surface area contributed by atoms with E-state index >= 15 is 0 Å². The van der Waals surface area contributed by atoms with Crippen LogP contribution >= 0.6 is 0 Å². The number of hydrogen-bond donors (Lipinski definition) is 0. The maximum Gasteiger partial charge on any atom is 0.410 e. The minimum Gasteiger partial charge on any atom is -0.468 e. The summed E-state index contributed by atoms with van der Waals surface area (Å²) in [6.45, 7) is 5.93. The molecule has 0 atom stereocenters. The molecule has 0 radical (unpaired) electrons. The van der Waals surface area contributed by atoms with E-state index in [1.54, 1.807) is 55.8 Å². The monoisotopic (exact) mass is 510 g/mol. The third-order valence-corrected chi connectivity index (χ3v) is 5.48. The van der Waals surface area contributed by atoms with Gasteiger partial charge in [-0.05, 0) is 32.9 Å². The number of carbonyl (C=O) groups is 1. The molecule has 0 spiro atoms. The quantitative estimate of drug-likeness (QED) is 0.377. The van der Waals surface area contributed by atoms with Crippen LogP contribution in [-0.4, -0.2) is 60.7 Å². The molecule has 1 aliphatic heterocycles. The van der Waals surface area contributed by atoms with E-state index in [9.17, 15) is 13.6 Å². The van der Waals surface area contributed by atoms with Crippen LogP contribution < -0.4 is 4.74 Å². The summed E-state index contributed by atoms with van der Waals surface area (Å²) in [5.41, 5.74) is 1.13. The van der Waals surface area contributed by atoms with Gasteiger partial charge in [0, 0.05) is 11.6 Å². The van der Waals surface area contributed by atoms with E-state index in [2.05, 4.69) is 20.2 Å². The molecule has 192 valence electrons. The minimum atomic E-state index is -0.748. The molecule has 1 saturated heterocycles. The van der Waals surface area contributed by atoms with Crippen molar-refractivity contribution in [2.45, 2.75) is 39.0 Å². The summed E-state index contributed by atoms with van der Waals surface area (Å²) in [4.78, 5) is 21.9. The number of aromatic nitrogens is 5. The molecule has 37 heavy (non-hydrogen) atoms. The van der Waals surface area contributed by atoms with Gasteiger partial charge in [-0.2, -0.15) is 14.5 Å². The molecule has 5 rings (SSSR count). The summed E-state index contributed by atoms with van der Waals surface area (Å²) in [5, 5.41) is 8.48. The maximum atomic E-state index is 14.5. The Kier molecular flexibility index (Phi) is 6.32. The molecule has 0 unspecified atom stereocenters. The SMILES string of the molecule is CC(C)(C)OC(=O)N1CC(Oc2nc(-c3cc(-c4ccon4)n(Cc4ccccc4F)n3)ncc2F)C1. The Morgan fingerprint density at radius 3 is 2.62 bits per heavy atom. The van der Waals surface area contributed by atoms with Gasteiger partial charge in [-0.3, -0.25) is 4.68 Å². The molecule has 4 aromatic rings. The highest BCUT2D eigenvalue weighted by Crippen LogP contribution is 2.27. The van der Waals surface area contributed by atoms with Gasteiger partial charge in [0.1, 0.15) is 35.2 Å². The van der Waals surface area contributed by atoms with Gasteiger partial charge >= 0.3 is 6.09 Å². The first-order valence-corrected chi connectivity index (χ1v) is 11.6. The van der Waals surface area contributed by atoms with Crippen molar-refractivity contribution >= 4 is 6.09 Å². The molecule has 1 aliphatic rings. The van der Waals surface area contributed by atoms with Crippen LogP contribution in [0.25, 0.3) is 22.9 Å². The van der Waals surface area contributed by atoms with E-state index in [1.165, 1.54) is 17.2 Å². The van der Waals surface area contributed by atoms with Crippen LogP contribution in [0.3, 0.4) is 0 Å². The lowest BCUT2D eigenvalue weighted by Crippen LogP contribution is -2.57. The first kappa shape index (κ1) is 24.3. The number of ether oxygens (including phenoxy) is 2. The van der Waals surface area contributed by atoms with Crippen LogP contribution in [0.5, 0.6) is 5.88 Å². The molecule has 0 bridgehead atoms. The lowest BCUT2D eigenvalue weighted by atomic mass is 10.2. The third-order valence-electron chi connectivity index (χ3n) is 5.48. The van der Waals surface area contributed by atoms with Gasteiger partial charge in [-0.25, -0.2) is 14.2 Å². The van der Waals surface area contributed by atoms with Crippen LogP contribution in [0.1, 0.15) is 26.3 Å². The summed E-state index contributed by atoms with van der Waals surface area (Å²) in [7, 11) is 0. The van der Waals surface area contributed by atoms with Gasteiger partial charge in [0.05, 0.1) is 31.5 Å². The van der Waals surface area contributed by atoms with Crippen molar-refractivity contribution < 1.29 is 27.6 Å². The van der Waals surface area contributed by atoms with Crippen LogP contribution in [0.2, 0.25) is 0 Å². The van der Waals surface area contributed by atoms with Crippen molar-refractivity contribution in [3.8, 4) is 28.8 Å². The van der Waals surface area contributed by atoms with Crippen LogP contribution in [-0.2, 0) is 11.3 Å². The van der Waals surface area contributed by atoms with Gasteiger partial charge in [-0.15, -0.1) is 0 Å². The van der Waals surface area contributed by atoms with Crippen LogP contribution in [0.4, 0.5) is 13.6 Å². The first-order chi connectivity index (χ1) is 17.7. The lowest BCUT2D eigenvalue weighted by molar-refractivity contribution is -0.0241. The second-order valence-electron chi connectivity index (χ2n) is 9.52. The number of benzene rings is 1. The Morgan fingerprint density at radius 2 is 1.92 bits per heavy atom. The predicted octanol–water partition coefficient (Wildman–Crippen LogP) is 4.32. The normalized spacial score (nSPS) is 13.9. The number of halogens is 2. The fraction of sp³-hybridized carbons (Fsp3) is 0.320. The number of nitrogens with zero attached hydrogens (tertiary/aromatic N) is 6. The van der Waals surface area contributed by atoms with E-state index in [4.69, 9.17) is 14.0 Å². The zero-order valence-electron chi connectivity index (χ0n) is 20.4. The lowest BCUT2D eigenvalue weighted by Gasteiger charge is -2.39. The van der Waals surface area contributed by atoms with Gasteiger partial charge in [0.25, 0.3) is 5.88 Å². The fourth-order valence-electron chi connectivity index (χ4n) is 3.69. The van der Waals surface area contributed by atoms with Crippen molar-refractivity contribution in [3.63, 3.8) is 0 Å². The highest BCUT2D eigenvalue weighted by molar-refractivity contribution is 5.69. The number of rotatable bonds is 6. The van der Waals surface area contributed by atoms with Gasteiger partial charge in [0.15, 0.2) is 5.82 Å². The zero-order chi connectivity index (χ0) is 26.2. The van der Waals surface area contributed by atoms with Crippen LogP contribution in [0.15, 0.2) is 53.4 Å². The highest BCUT2D eigenvalue weighted by atomic mass is 19.1. The molecule has 0 N–H and O–H groups in total. The average Bonchev–Trinajstić information content (AvgIpc) is 3.47. The van der Waals surface area contributed by atoms with Gasteiger partial charge < -0.3 is 18.9 Å². The predicted molar refractivity (Wildman–Crippen MR) is 126 cm³/mol. The number of hydrogen-bond acceptors (Lipinski definition) is 8. The molecule has 0 saturated carbocycles. The average molecular weight is 511 g/mol. The highest BCUT2D eigenvalue weighted by Gasteiger charge is 2.36. The maximum absolute atomic E-state index is 14.5. The molecular weight excluding hydrogens is 486 g/mol. The third kappa shape index (κ3) is 5.42. The minimum absolute atomic E-state index is 0.108.